The smallest absolute Gasteiger partial charge is 0.0285 e. The van der Waals surface area contributed by atoms with E-state index in [2.05, 4.69) is 20.8 Å². The van der Waals surface area contributed by atoms with Gasteiger partial charge < -0.3 is 4.90 Å². The molecular weight excluding hydrogens is 238 g/mol. The lowest BCUT2D eigenvalue weighted by Gasteiger charge is -2.24. The monoisotopic (exact) mass is 259 g/mol. The Hall–Kier alpha value is 0.440. The van der Waals surface area contributed by atoms with Crippen LogP contribution in [0.15, 0.2) is 0 Å². The standard InChI is InChI=1S/C12H22BrN/c13-12-7-9-14(10-12)8-6-11-4-2-1-3-5-11/h11-12H,1-10H2. The number of hydrogen-bond acceptors (Lipinski definition) is 1. The Morgan fingerprint density at radius 2 is 1.86 bits per heavy atom. The van der Waals surface area contributed by atoms with Gasteiger partial charge in [0, 0.05) is 11.4 Å². The fourth-order valence-corrected chi connectivity index (χ4v) is 3.44. The lowest BCUT2D eigenvalue weighted by molar-refractivity contribution is 0.266. The highest BCUT2D eigenvalue weighted by Crippen LogP contribution is 2.27. The second-order valence-corrected chi connectivity index (χ2v) is 6.27. The van der Waals surface area contributed by atoms with Crippen molar-refractivity contribution in [2.45, 2.75) is 49.8 Å². The van der Waals surface area contributed by atoms with Gasteiger partial charge in [-0.1, -0.05) is 48.0 Å². The highest BCUT2D eigenvalue weighted by Gasteiger charge is 2.21. The molecule has 0 aromatic rings. The van der Waals surface area contributed by atoms with Gasteiger partial charge in [0.05, 0.1) is 0 Å². The molecule has 2 rings (SSSR count). The zero-order valence-electron chi connectivity index (χ0n) is 9.05. The molecule has 0 N–H and O–H groups in total. The fraction of sp³-hybridized carbons (Fsp3) is 1.00. The minimum absolute atomic E-state index is 0.772. The molecule has 1 aliphatic carbocycles. The molecule has 0 aromatic carbocycles. The molecule has 82 valence electrons. The third-order valence-corrected chi connectivity index (χ3v) is 4.54. The summed E-state index contributed by atoms with van der Waals surface area (Å²) in [5.41, 5.74) is 0. The van der Waals surface area contributed by atoms with E-state index >= 15 is 0 Å². The summed E-state index contributed by atoms with van der Waals surface area (Å²) >= 11 is 3.70. The molecule has 0 spiro atoms. The summed E-state index contributed by atoms with van der Waals surface area (Å²) in [6, 6.07) is 0. The van der Waals surface area contributed by atoms with Crippen LogP contribution >= 0.6 is 15.9 Å². The Morgan fingerprint density at radius 3 is 2.50 bits per heavy atom. The van der Waals surface area contributed by atoms with Crippen molar-refractivity contribution in [1.29, 1.82) is 0 Å². The Balaban J connectivity index is 1.61. The van der Waals surface area contributed by atoms with Crippen LogP contribution in [0.5, 0.6) is 0 Å². The molecule has 1 saturated carbocycles. The van der Waals surface area contributed by atoms with Crippen LogP contribution in [0.1, 0.15) is 44.9 Å². The molecule has 0 aromatic heterocycles. The van der Waals surface area contributed by atoms with Crippen LogP contribution in [-0.4, -0.2) is 29.4 Å². The maximum Gasteiger partial charge on any atom is 0.0285 e. The van der Waals surface area contributed by atoms with Crippen LogP contribution in [0.2, 0.25) is 0 Å². The van der Waals surface area contributed by atoms with Gasteiger partial charge in [0.25, 0.3) is 0 Å². The van der Waals surface area contributed by atoms with Crippen molar-refractivity contribution in [3.63, 3.8) is 0 Å². The lowest BCUT2D eigenvalue weighted by Crippen LogP contribution is -2.24. The zero-order valence-corrected chi connectivity index (χ0v) is 10.6. The Bertz CT molecular complexity index is 161. The van der Waals surface area contributed by atoms with Gasteiger partial charge in [-0.25, -0.2) is 0 Å². The second-order valence-electron chi connectivity index (χ2n) is 4.98. The van der Waals surface area contributed by atoms with Crippen molar-refractivity contribution < 1.29 is 0 Å². The van der Waals surface area contributed by atoms with Gasteiger partial charge in [0.1, 0.15) is 0 Å². The summed E-state index contributed by atoms with van der Waals surface area (Å²) in [6.07, 6.45) is 10.3. The quantitative estimate of drug-likeness (QED) is 0.703. The van der Waals surface area contributed by atoms with Gasteiger partial charge >= 0.3 is 0 Å². The van der Waals surface area contributed by atoms with E-state index in [4.69, 9.17) is 0 Å². The number of likely N-dealkylation sites (tertiary alicyclic amines) is 1. The molecule has 0 radical (unpaired) electrons. The topological polar surface area (TPSA) is 3.24 Å². The minimum atomic E-state index is 0.772. The highest BCUT2D eigenvalue weighted by atomic mass is 79.9. The number of nitrogens with zero attached hydrogens (tertiary/aromatic N) is 1. The third-order valence-electron chi connectivity index (χ3n) is 3.79. The average molecular weight is 260 g/mol. The van der Waals surface area contributed by atoms with Crippen LogP contribution < -0.4 is 0 Å². The van der Waals surface area contributed by atoms with Gasteiger partial charge in [-0.3, -0.25) is 0 Å². The molecule has 1 aliphatic heterocycles. The van der Waals surface area contributed by atoms with E-state index in [0.717, 1.165) is 10.7 Å². The van der Waals surface area contributed by atoms with E-state index in [9.17, 15) is 0 Å². The summed E-state index contributed by atoms with van der Waals surface area (Å²) in [5, 5.41) is 0. The number of rotatable bonds is 3. The molecule has 1 atom stereocenters. The predicted octanol–water partition coefficient (Wildman–Crippen LogP) is 3.43. The summed E-state index contributed by atoms with van der Waals surface area (Å²) in [6.45, 7) is 3.96. The number of alkyl halides is 1. The molecule has 2 heteroatoms. The van der Waals surface area contributed by atoms with E-state index in [1.807, 2.05) is 0 Å². The maximum atomic E-state index is 3.70. The molecule has 2 aliphatic rings. The van der Waals surface area contributed by atoms with Gasteiger partial charge in [0.15, 0.2) is 0 Å². The summed E-state index contributed by atoms with van der Waals surface area (Å²) in [5.74, 6) is 1.05. The molecule has 14 heavy (non-hydrogen) atoms. The Morgan fingerprint density at radius 1 is 1.07 bits per heavy atom. The normalized spacial score (nSPS) is 31.1. The molecule has 1 unspecified atom stereocenters. The van der Waals surface area contributed by atoms with Crippen LogP contribution in [-0.2, 0) is 0 Å². The zero-order chi connectivity index (χ0) is 9.80. The number of hydrogen-bond donors (Lipinski definition) is 0. The van der Waals surface area contributed by atoms with Crippen molar-refractivity contribution in [3.05, 3.63) is 0 Å². The Labute approximate surface area is 96.4 Å². The fourth-order valence-electron chi connectivity index (χ4n) is 2.83. The van der Waals surface area contributed by atoms with E-state index in [0.29, 0.717) is 0 Å². The van der Waals surface area contributed by atoms with Gasteiger partial charge in [-0.2, -0.15) is 0 Å². The summed E-state index contributed by atoms with van der Waals surface area (Å²) < 4.78 is 0. The van der Waals surface area contributed by atoms with Crippen molar-refractivity contribution in [1.82, 2.24) is 4.90 Å². The Kier molecular flexibility index (Phi) is 4.30. The SMILES string of the molecule is BrC1CCN(CCC2CCCCC2)C1. The van der Waals surface area contributed by atoms with Gasteiger partial charge in [0.2, 0.25) is 0 Å². The average Bonchev–Trinajstić information content (AvgIpc) is 2.63. The van der Waals surface area contributed by atoms with Crippen molar-refractivity contribution in [3.8, 4) is 0 Å². The van der Waals surface area contributed by atoms with Crippen molar-refractivity contribution in [2.24, 2.45) is 5.92 Å². The van der Waals surface area contributed by atoms with E-state index < -0.39 is 0 Å². The van der Waals surface area contributed by atoms with Crippen molar-refractivity contribution >= 4 is 15.9 Å². The third kappa shape index (κ3) is 3.23. The largest absolute Gasteiger partial charge is 0.302 e. The molecule has 1 saturated heterocycles. The first kappa shape index (κ1) is 10.9. The first-order valence-electron chi connectivity index (χ1n) is 6.21. The van der Waals surface area contributed by atoms with E-state index in [1.54, 1.807) is 0 Å². The lowest BCUT2D eigenvalue weighted by atomic mass is 9.87. The molecule has 0 amide bonds. The van der Waals surface area contributed by atoms with Crippen LogP contribution in [0, 0.1) is 5.92 Å². The molecular formula is C12H22BrN. The van der Waals surface area contributed by atoms with Crippen LogP contribution in [0.25, 0.3) is 0 Å². The maximum absolute atomic E-state index is 3.70. The summed E-state index contributed by atoms with van der Waals surface area (Å²) in [4.78, 5) is 3.41. The molecule has 0 bridgehead atoms. The van der Waals surface area contributed by atoms with Gasteiger partial charge in [-0.05, 0) is 31.8 Å². The molecule has 2 fully saturated rings. The van der Waals surface area contributed by atoms with Crippen LogP contribution in [0.4, 0.5) is 0 Å². The first-order valence-corrected chi connectivity index (χ1v) is 7.12. The van der Waals surface area contributed by atoms with Crippen LogP contribution in [0.3, 0.4) is 0 Å². The number of halogens is 1. The first-order chi connectivity index (χ1) is 6.84. The molecule has 1 nitrogen and oxygen atoms in total. The van der Waals surface area contributed by atoms with Crippen molar-refractivity contribution in [2.75, 3.05) is 19.6 Å². The second kappa shape index (κ2) is 5.50. The minimum Gasteiger partial charge on any atom is -0.302 e. The van der Waals surface area contributed by atoms with Gasteiger partial charge in [-0.15, -0.1) is 0 Å². The predicted molar refractivity (Wildman–Crippen MR) is 65.0 cm³/mol. The van der Waals surface area contributed by atoms with E-state index in [1.165, 1.54) is 64.6 Å². The summed E-state index contributed by atoms with van der Waals surface area (Å²) in [7, 11) is 0. The molecule has 1 heterocycles. The van der Waals surface area contributed by atoms with E-state index in [-0.39, 0.29) is 0 Å². The highest BCUT2D eigenvalue weighted by molar-refractivity contribution is 9.09.